The Morgan fingerprint density at radius 1 is 1.42 bits per heavy atom. The summed E-state index contributed by atoms with van der Waals surface area (Å²) < 4.78 is 5.63. The van der Waals surface area contributed by atoms with E-state index in [0.29, 0.717) is 12.6 Å². The minimum absolute atomic E-state index is 0.105. The van der Waals surface area contributed by atoms with Crippen molar-refractivity contribution in [1.82, 2.24) is 4.90 Å². The number of hydrogen-bond acceptors (Lipinski definition) is 2. The zero-order valence-electron chi connectivity index (χ0n) is 10.8. The second kappa shape index (κ2) is 5.53. The van der Waals surface area contributed by atoms with Crippen molar-refractivity contribution < 1.29 is 9.53 Å². The van der Waals surface area contributed by atoms with Crippen LogP contribution in [0.5, 0.6) is 5.75 Å². The van der Waals surface area contributed by atoms with E-state index in [4.69, 9.17) is 4.74 Å². The van der Waals surface area contributed by atoms with Gasteiger partial charge in [0, 0.05) is 23.5 Å². The van der Waals surface area contributed by atoms with Crippen LogP contribution in [0.4, 0.5) is 0 Å². The van der Waals surface area contributed by atoms with Gasteiger partial charge in [-0.1, -0.05) is 34.1 Å². The van der Waals surface area contributed by atoms with Crippen LogP contribution in [0.3, 0.4) is 0 Å². The lowest BCUT2D eigenvalue weighted by molar-refractivity contribution is -0.133. The summed E-state index contributed by atoms with van der Waals surface area (Å²) in [5, 5.41) is 0.958. The maximum Gasteiger partial charge on any atom is 0.233 e. The van der Waals surface area contributed by atoms with Gasteiger partial charge in [0.15, 0.2) is 0 Å². The second-order valence-corrected chi connectivity index (χ2v) is 6.00. The summed E-state index contributed by atoms with van der Waals surface area (Å²) in [6.45, 7) is 1.39. The first-order valence-electron chi connectivity index (χ1n) is 6.89. The van der Waals surface area contributed by atoms with Gasteiger partial charge in [-0.2, -0.15) is 0 Å². The molecule has 3 nitrogen and oxygen atoms in total. The monoisotopic (exact) mass is 323 g/mol. The molecule has 0 radical (unpaired) electrons. The van der Waals surface area contributed by atoms with E-state index in [1.54, 1.807) is 0 Å². The van der Waals surface area contributed by atoms with Gasteiger partial charge in [0.05, 0.1) is 0 Å². The lowest BCUT2D eigenvalue weighted by Crippen LogP contribution is -2.39. The predicted octanol–water partition coefficient (Wildman–Crippen LogP) is 2.94. The fourth-order valence-electron chi connectivity index (χ4n) is 3.12. The van der Waals surface area contributed by atoms with Crippen molar-refractivity contribution in [3.05, 3.63) is 29.8 Å². The molecule has 2 aliphatic heterocycles. The number of rotatable bonds is 3. The Bertz CT molecular complexity index is 477. The van der Waals surface area contributed by atoms with Crippen LogP contribution < -0.4 is 4.74 Å². The fraction of sp³-hybridized carbons (Fsp3) is 0.533. The van der Waals surface area contributed by atoms with Crippen LogP contribution in [0.25, 0.3) is 0 Å². The number of benzene rings is 1. The van der Waals surface area contributed by atoms with Crippen molar-refractivity contribution in [3.8, 4) is 5.75 Å². The molecular formula is C15H18BrNO2. The van der Waals surface area contributed by atoms with Crippen LogP contribution in [0.15, 0.2) is 24.3 Å². The van der Waals surface area contributed by atoms with Gasteiger partial charge in [0.1, 0.15) is 18.3 Å². The van der Waals surface area contributed by atoms with E-state index in [9.17, 15) is 4.79 Å². The first-order chi connectivity index (χ1) is 9.31. The van der Waals surface area contributed by atoms with Crippen LogP contribution in [0.1, 0.15) is 30.7 Å². The van der Waals surface area contributed by atoms with Gasteiger partial charge >= 0.3 is 0 Å². The number of halogens is 1. The van der Waals surface area contributed by atoms with Gasteiger partial charge < -0.3 is 9.64 Å². The number of amides is 1. The van der Waals surface area contributed by atoms with Crippen LogP contribution in [-0.2, 0) is 4.79 Å². The number of carbonyl (C=O) groups excluding carboxylic acids is 1. The smallest absolute Gasteiger partial charge is 0.233 e. The van der Waals surface area contributed by atoms with Gasteiger partial charge in [-0.05, 0) is 25.3 Å². The summed E-state index contributed by atoms with van der Waals surface area (Å²) in [5.41, 5.74) is 1.05. The quantitative estimate of drug-likeness (QED) is 0.800. The number of alkyl halides is 1. The summed E-state index contributed by atoms with van der Waals surface area (Å²) in [5.74, 6) is 1.01. The number of hydrogen-bond donors (Lipinski definition) is 0. The zero-order chi connectivity index (χ0) is 13.2. The largest absolute Gasteiger partial charge is 0.492 e. The maximum atomic E-state index is 12.7. The Morgan fingerprint density at radius 3 is 3.11 bits per heavy atom. The molecule has 4 heteroatoms. The topological polar surface area (TPSA) is 29.5 Å². The van der Waals surface area contributed by atoms with Crippen molar-refractivity contribution >= 4 is 21.8 Å². The van der Waals surface area contributed by atoms with Crippen LogP contribution >= 0.6 is 15.9 Å². The molecule has 1 saturated heterocycles. The third-order valence-corrected chi connectivity index (χ3v) is 4.56. The molecular weight excluding hydrogens is 306 g/mol. The Hall–Kier alpha value is -1.03. The predicted molar refractivity (Wildman–Crippen MR) is 77.8 cm³/mol. The van der Waals surface area contributed by atoms with Crippen molar-refractivity contribution in [1.29, 1.82) is 0 Å². The molecule has 19 heavy (non-hydrogen) atoms. The molecule has 2 heterocycles. The molecule has 3 rings (SSSR count). The third-order valence-electron chi connectivity index (χ3n) is 4.10. The van der Waals surface area contributed by atoms with E-state index in [1.165, 1.54) is 0 Å². The molecule has 1 amide bonds. The van der Waals surface area contributed by atoms with Gasteiger partial charge in [0.25, 0.3) is 0 Å². The standard InChI is InChI=1S/C15H18BrNO2/c16-8-7-11-4-3-9-17(11)15(18)13-10-19-14-6-2-1-5-12(13)14/h1-2,5-6,11,13H,3-4,7-10H2. The zero-order valence-corrected chi connectivity index (χ0v) is 12.4. The van der Waals surface area contributed by atoms with Crippen molar-refractivity contribution in [2.45, 2.75) is 31.2 Å². The van der Waals surface area contributed by atoms with Crippen LogP contribution in [0, 0.1) is 0 Å². The van der Waals surface area contributed by atoms with E-state index in [-0.39, 0.29) is 11.8 Å². The molecule has 1 aromatic carbocycles. The minimum atomic E-state index is -0.105. The normalized spacial score (nSPS) is 25.2. The highest BCUT2D eigenvalue weighted by atomic mass is 79.9. The molecule has 0 aromatic heterocycles. The molecule has 102 valence electrons. The molecule has 2 atom stereocenters. The highest BCUT2D eigenvalue weighted by Crippen LogP contribution is 2.36. The number of ether oxygens (including phenoxy) is 1. The number of fused-ring (bicyclic) bond motifs is 1. The average Bonchev–Trinajstić information content (AvgIpc) is 3.04. The first-order valence-corrected chi connectivity index (χ1v) is 8.01. The second-order valence-electron chi connectivity index (χ2n) is 5.21. The molecule has 1 fully saturated rings. The summed E-state index contributed by atoms with van der Waals surface area (Å²) in [7, 11) is 0. The van der Waals surface area contributed by atoms with E-state index in [2.05, 4.69) is 20.8 Å². The molecule has 0 bridgehead atoms. The molecule has 0 aliphatic carbocycles. The van der Waals surface area contributed by atoms with Crippen LogP contribution in [-0.4, -0.2) is 35.3 Å². The molecule has 0 spiro atoms. The summed E-state index contributed by atoms with van der Waals surface area (Å²) in [4.78, 5) is 14.8. The Morgan fingerprint density at radius 2 is 2.26 bits per heavy atom. The minimum Gasteiger partial charge on any atom is -0.492 e. The summed E-state index contributed by atoms with van der Waals surface area (Å²) >= 11 is 3.48. The van der Waals surface area contributed by atoms with Gasteiger partial charge in [-0.3, -0.25) is 4.79 Å². The van der Waals surface area contributed by atoms with E-state index >= 15 is 0 Å². The maximum absolute atomic E-state index is 12.7. The van der Waals surface area contributed by atoms with Gasteiger partial charge in [-0.15, -0.1) is 0 Å². The Kier molecular flexibility index (Phi) is 3.78. The number of carbonyl (C=O) groups is 1. The molecule has 1 aromatic rings. The summed E-state index contributed by atoms with van der Waals surface area (Å²) in [6, 6.07) is 8.30. The number of likely N-dealkylation sites (tertiary alicyclic amines) is 1. The molecule has 2 aliphatic rings. The molecule has 2 unspecified atom stereocenters. The van der Waals surface area contributed by atoms with Gasteiger partial charge in [-0.25, -0.2) is 0 Å². The Balaban J connectivity index is 1.78. The van der Waals surface area contributed by atoms with E-state index in [0.717, 1.165) is 42.5 Å². The average molecular weight is 324 g/mol. The lowest BCUT2D eigenvalue weighted by atomic mass is 9.99. The molecule has 0 N–H and O–H groups in total. The third kappa shape index (κ3) is 2.38. The summed E-state index contributed by atoms with van der Waals surface area (Å²) in [6.07, 6.45) is 3.30. The lowest BCUT2D eigenvalue weighted by Gasteiger charge is -2.26. The highest BCUT2D eigenvalue weighted by molar-refractivity contribution is 9.09. The van der Waals surface area contributed by atoms with E-state index < -0.39 is 0 Å². The van der Waals surface area contributed by atoms with Gasteiger partial charge in [0.2, 0.25) is 5.91 Å². The number of para-hydroxylation sites is 1. The van der Waals surface area contributed by atoms with Crippen molar-refractivity contribution in [3.63, 3.8) is 0 Å². The molecule has 0 saturated carbocycles. The van der Waals surface area contributed by atoms with Crippen molar-refractivity contribution in [2.75, 3.05) is 18.5 Å². The number of nitrogens with zero attached hydrogens (tertiary/aromatic N) is 1. The fourth-order valence-corrected chi connectivity index (χ4v) is 3.65. The van der Waals surface area contributed by atoms with E-state index in [1.807, 2.05) is 24.3 Å². The Labute approximate surface area is 122 Å². The highest BCUT2D eigenvalue weighted by Gasteiger charge is 2.37. The SMILES string of the molecule is O=C(C1COc2ccccc21)N1CCCC1CCBr. The van der Waals surface area contributed by atoms with Crippen LogP contribution in [0.2, 0.25) is 0 Å². The first kappa shape index (κ1) is 13.0. The van der Waals surface area contributed by atoms with Crippen molar-refractivity contribution in [2.24, 2.45) is 0 Å².